The van der Waals surface area contributed by atoms with Gasteiger partial charge in [-0.05, 0) is 0 Å². The Kier molecular flexibility index (Phi) is 1.51. The minimum atomic E-state index is -4.38. The molecular formula is C7H4F3N3. The maximum Gasteiger partial charge on any atom is 0.418 e. The summed E-state index contributed by atoms with van der Waals surface area (Å²) in [7, 11) is 0. The minimum absolute atomic E-state index is 0.0440. The number of nitrogens with one attached hydrogen (secondary N) is 1. The van der Waals surface area contributed by atoms with Crippen molar-refractivity contribution in [1.82, 2.24) is 15.2 Å². The van der Waals surface area contributed by atoms with Crippen molar-refractivity contribution in [3.63, 3.8) is 0 Å². The molecule has 0 radical (unpaired) electrons. The second-order valence-corrected chi connectivity index (χ2v) is 2.52. The van der Waals surface area contributed by atoms with Gasteiger partial charge < -0.3 is 0 Å². The Bertz CT molecular complexity index is 432. The van der Waals surface area contributed by atoms with Crippen LogP contribution in [0.5, 0.6) is 0 Å². The first-order valence-electron chi connectivity index (χ1n) is 3.43. The van der Waals surface area contributed by atoms with Gasteiger partial charge in [0.15, 0.2) is 0 Å². The van der Waals surface area contributed by atoms with E-state index in [4.69, 9.17) is 0 Å². The van der Waals surface area contributed by atoms with Crippen LogP contribution in [0.1, 0.15) is 5.56 Å². The van der Waals surface area contributed by atoms with Crippen molar-refractivity contribution in [2.24, 2.45) is 0 Å². The number of pyridine rings is 1. The zero-order chi connectivity index (χ0) is 9.47. The average molecular weight is 187 g/mol. The van der Waals surface area contributed by atoms with Crippen LogP contribution >= 0.6 is 0 Å². The standard InChI is InChI=1S/C7H4F3N3/c8-7(9,10)5-2-11-3-6-4(5)1-12-13-6/h1-3H,(H,12,13). The normalized spacial score (nSPS) is 12.2. The van der Waals surface area contributed by atoms with E-state index < -0.39 is 11.7 Å². The summed E-state index contributed by atoms with van der Waals surface area (Å²) in [5.74, 6) is 0. The summed E-state index contributed by atoms with van der Waals surface area (Å²) in [6, 6.07) is 0. The van der Waals surface area contributed by atoms with Crippen LogP contribution in [0.2, 0.25) is 0 Å². The summed E-state index contributed by atoms with van der Waals surface area (Å²) < 4.78 is 36.9. The second kappa shape index (κ2) is 2.45. The maximum atomic E-state index is 12.3. The molecule has 3 nitrogen and oxygen atoms in total. The molecule has 2 aromatic heterocycles. The van der Waals surface area contributed by atoms with Gasteiger partial charge in [0.05, 0.1) is 23.5 Å². The third-order valence-electron chi connectivity index (χ3n) is 1.67. The molecule has 0 aliphatic carbocycles. The molecule has 0 saturated heterocycles. The molecule has 0 bridgehead atoms. The third kappa shape index (κ3) is 1.24. The molecule has 0 fully saturated rings. The van der Waals surface area contributed by atoms with E-state index in [1.807, 2.05) is 0 Å². The number of nitrogens with zero attached hydrogens (tertiary/aromatic N) is 2. The van der Waals surface area contributed by atoms with E-state index in [2.05, 4.69) is 15.2 Å². The lowest BCUT2D eigenvalue weighted by atomic mass is 10.2. The fourth-order valence-electron chi connectivity index (χ4n) is 1.09. The Labute approximate surface area is 70.6 Å². The van der Waals surface area contributed by atoms with Crippen LogP contribution < -0.4 is 0 Å². The lowest BCUT2D eigenvalue weighted by Crippen LogP contribution is -2.05. The van der Waals surface area contributed by atoms with Crippen LogP contribution in [0.3, 0.4) is 0 Å². The lowest BCUT2D eigenvalue weighted by Gasteiger charge is -2.05. The van der Waals surface area contributed by atoms with Gasteiger partial charge in [0.1, 0.15) is 0 Å². The van der Waals surface area contributed by atoms with Gasteiger partial charge >= 0.3 is 6.18 Å². The SMILES string of the molecule is FC(F)(F)c1cncc2[nH]ncc12. The van der Waals surface area contributed by atoms with E-state index in [0.717, 1.165) is 12.4 Å². The smallest absolute Gasteiger partial charge is 0.276 e. The highest BCUT2D eigenvalue weighted by Crippen LogP contribution is 2.32. The Morgan fingerprint density at radius 3 is 2.62 bits per heavy atom. The number of H-pyrrole nitrogens is 1. The van der Waals surface area contributed by atoms with Crippen LogP contribution in [0, 0.1) is 0 Å². The van der Waals surface area contributed by atoms with E-state index in [-0.39, 0.29) is 10.9 Å². The van der Waals surface area contributed by atoms with E-state index in [1.165, 1.54) is 6.20 Å². The van der Waals surface area contributed by atoms with Gasteiger partial charge in [0.25, 0.3) is 0 Å². The molecule has 0 aliphatic rings. The van der Waals surface area contributed by atoms with E-state index in [9.17, 15) is 13.2 Å². The van der Waals surface area contributed by atoms with Gasteiger partial charge in [-0.15, -0.1) is 0 Å². The topological polar surface area (TPSA) is 41.6 Å². The van der Waals surface area contributed by atoms with Crippen LogP contribution in [0.15, 0.2) is 18.6 Å². The molecule has 2 rings (SSSR count). The number of halogens is 3. The van der Waals surface area contributed by atoms with Crippen LogP contribution in [-0.2, 0) is 6.18 Å². The van der Waals surface area contributed by atoms with Crippen molar-refractivity contribution in [3.05, 3.63) is 24.2 Å². The number of aromatic nitrogens is 3. The summed E-state index contributed by atoms with van der Waals surface area (Å²) in [5.41, 5.74) is -0.478. The highest BCUT2D eigenvalue weighted by atomic mass is 19.4. The number of hydrogen-bond donors (Lipinski definition) is 1. The first-order valence-corrected chi connectivity index (χ1v) is 3.43. The van der Waals surface area contributed by atoms with Gasteiger partial charge in [0, 0.05) is 11.6 Å². The molecule has 2 heterocycles. The van der Waals surface area contributed by atoms with Crippen molar-refractivity contribution in [1.29, 1.82) is 0 Å². The molecule has 0 aliphatic heterocycles. The van der Waals surface area contributed by atoms with E-state index in [0.29, 0.717) is 0 Å². The number of alkyl halides is 3. The second-order valence-electron chi connectivity index (χ2n) is 2.52. The highest BCUT2D eigenvalue weighted by Gasteiger charge is 2.33. The molecular weight excluding hydrogens is 183 g/mol. The number of rotatable bonds is 0. The molecule has 2 aromatic rings. The molecule has 6 heteroatoms. The van der Waals surface area contributed by atoms with Crippen LogP contribution in [0.25, 0.3) is 10.9 Å². The van der Waals surface area contributed by atoms with Gasteiger partial charge in [-0.2, -0.15) is 18.3 Å². The Morgan fingerprint density at radius 2 is 1.92 bits per heavy atom. The molecule has 0 spiro atoms. The quantitative estimate of drug-likeness (QED) is 0.685. The number of fused-ring (bicyclic) bond motifs is 1. The lowest BCUT2D eigenvalue weighted by molar-refractivity contribution is -0.136. The van der Waals surface area contributed by atoms with Crippen molar-refractivity contribution in [3.8, 4) is 0 Å². The molecule has 68 valence electrons. The van der Waals surface area contributed by atoms with Gasteiger partial charge in [-0.1, -0.05) is 0 Å². The minimum Gasteiger partial charge on any atom is -0.276 e. The first kappa shape index (κ1) is 8.03. The van der Waals surface area contributed by atoms with Crippen molar-refractivity contribution in [2.75, 3.05) is 0 Å². The van der Waals surface area contributed by atoms with Gasteiger partial charge in [-0.3, -0.25) is 10.1 Å². The predicted octanol–water partition coefficient (Wildman–Crippen LogP) is 1.98. The summed E-state index contributed by atoms with van der Waals surface area (Å²) in [4.78, 5) is 3.46. The molecule has 0 unspecified atom stereocenters. The van der Waals surface area contributed by atoms with Gasteiger partial charge in [-0.25, -0.2) is 0 Å². The molecule has 1 N–H and O–H groups in total. The van der Waals surface area contributed by atoms with Crippen LogP contribution in [-0.4, -0.2) is 15.2 Å². The largest absolute Gasteiger partial charge is 0.418 e. The van der Waals surface area contributed by atoms with E-state index >= 15 is 0 Å². The molecule has 0 amide bonds. The zero-order valence-electron chi connectivity index (χ0n) is 6.26. The van der Waals surface area contributed by atoms with Gasteiger partial charge in [0.2, 0.25) is 0 Å². The summed E-state index contributed by atoms with van der Waals surface area (Å²) >= 11 is 0. The average Bonchev–Trinajstić information content (AvgIpc) is 2.48. The molecule has 13 heavy (non-hydrogen) atoms. The maximum absolute atomic E-state index is 12.3. The molecule has 0 saturated carbocycles. The van der Waals surface area contributed by atoms with Crippen molar-refractivity contribution >= 4 is 10.9 Å². The van der Waals surface area contributed by atoms with Crippen LogP contribution in [0.4, 0.5) is 13.2 Å². The summed E-state index contributed by atoms with van der Waals surface area (Å²) in [6.07, 6.45) is -1.15. The zero-order valence-corrected chi connectivity index (χ0v) is 6.26. The Hall–Kier alpha value is -1.59. The predicted molar refractivity (Wildman–Crippen MR) is 38.9 cm³/mol. The highest BCUT2D eigenvalue weighted by molar-refractivity contribution is 5.80. The summed E-state index contributed by atoms with van der Waals surface area (Å²) in [5, 5.41) is 5.97. The summed E-state index contributed by atoms with van der Waals surface area (Å²) in [6.45, 7) is 0. The van der Waals surface area contributed by atoms with Crippen molar-refractivity contribution in [2.45, 2.75) is 6.18 Å². The van der Waals surface area contributed by atoms with E-state index in [1.54, 1.807) is 0 Å². The monoisotopic (exact) mass is 187 g/mol. The Balaban J connectivity index is 2.75. The molecule has 0 aromatic carbocycles. The van der Waals surface area contributed by atoms with Crippen molar-refractivity contribution < 1.29 is 13.2 Å². The number of hydrogen-bond acceptors (Lipinski definition) is 2. The molecule has 0 atom stereocenters. The number of aromatic amines is 1. The Morgan fingerprint density at radius 1 is 1.15 bits per heavy atom. The first-order chi connectivity index (χ1) is 6.09. The fourth-order valence-corrected chi connectivity index (χ4v) is 1.09. The fraction of sp³-hybridized carbons (Fsp3) is 0.143. The third-order valence-corrected chi connectivity index (χ3v) is 1.67.